The molecule has 0 atom stereocenters. The lowest BCUT2D eigenvalue weighted by Gasteiger charge is -2.12. The standard InChI is InChI=1S/C14H12Br2ClN3O3S/c1-18-13-11(15)6-10(7-12(13)16)24(22,23)20-14(21)19-9-4-2-8(17)3-5-9/h2-7,18H,1H3,(H2,19,20,21). The Morgan fingerprint density at radius 1 is 1.08 bits per heavy atom. The van der Waals surface area contributed by atoms with Crippen LogP contribution in [0.25, 0.3) is 0 Å². The Labute approximate surface area is 161 Å². The molecule has 0 aromatic heterocycles. The van der Waals surface area contributed by atoms with E-state index in [4.69, 9.17) is 11.6 Å². The second-order valence-corrected chi connectivity index (χ2v) is 8.41. The summed E-state index contributed by atoms with van der Waals surface area (Å²) < 4.78 is 27.7. The Balaban J connectivity index is 2.19. The van der Waals surface area contributed by atoms with Crippen molar-refractivity contribution in [3.8, 4) is 0 Å². The summed E-state index contributed by atoms with van der Waals surface area (Å²) >= 11 is 12.3. The van der Waals surface area contributed by atoms with Crippen LogP contribution in [-0.2, 0) is 10.0 Å². The molecule has 0 unspecified atom stereocenters. The summed E-state index contributed by atoms with van der Waals surface area (Å²) in [5.41, 5.74) is 1.11. The lowest BCUT2D eigenvalue weighted by molar-refractivity contribution is 0.256. The minimum Gasteiger partial charge on any atom is -0.386 e. The van der Waals surface area contributed by atoms with Gasteiger partial charge in [-0.15, -0.1) is 0 Å². The third-order valence-electron chi connectivity index (χ3n) is 2.91. The monoisotopic (exact) mass is 495 g/mol. The van der Waals surface area contributed by atoms with Crippen LogP contribution in [0.15, 0.2) is 50.2 Å². The molecule has 0 fully saturated rings. The fourth-order valence-electron chi connectivity index (χ4n) is 1.81. The number of carbonyl (C=O) groups is 1. The predicted molar refractivity (Wildman–Crippen MR) is 102 cm³/mol. The first-order valence-electron chi connectivity index (χ1n) is 6.49. The van der Waals surface area contributed by atoms with Gasteiger partial charge in [0.2, 0.25) is 0 Å². The highest BCUT2D eigenvalue weighted by Crippen LogP contribution is 2.33. The highest BCUT2D eigenvalue weighted by Gasteiger charge is 2.20. The Morgan fingerprint density at radius 3 is 2.12 bits per heavy atom. The van der Waals surface area contributed by atoms with Gasteiger partial charge in [-0.25, -0.2) is 17.9 Å². The molecule has 0 radical (unpaired) electrons. The summed E-state index contributed by atoms with van der Waals surface area (Å²) in [5, 5.41) is 5.85. The van der Waals surface area contributed by atoms with Gasteiger partial charge < -0.3 is 10.6 Å². The Morgan fingerprint density at radius 2 is 1.62 bits per heavy atom. The van der Waals surface area contributed by atoms with Gasteiger partial charge in [-0.05, 0) is 68.3 Å². The third-order valence-corrected chi connectivity index (χ3v) is 5.72. The molecule has 0 saturated heterocycles. The molecule has 0 spiro atoms. The van der Waals surface area contributed by atoms with Crippen LogP contribution in [-0.4, -0.2) is 21.5 Å². The van der Waals surface area contributed by atoms with Crippen LogP contribution in [0, 0.1) is 0 Å². The van der Waals surface area contributed by atoms with Crippen LogP contribution in [0.4, 0.5) is 16.2 Å². The number of carbonyl (C=O) groups excluding carboxylic acids is 1. The number of nitrogens with one attached hydrogen (secondary N) is 3. The molecule has 0 heterocycles. The molecule has 2 aromatic carbocycles. The molecule has 128 valence electrons. The van der Waals surface area contributed by atoms with Crippen molar-refractivity contribution in [1.82, 2.24) is 4.72 Å². The topological polar surface area (TPSA) is 87.3 Å². The van der Waals surface area contributed by atoms with E-state index < -0.39 is 16.1 Å². The molecule has 0 aliphatic heterocycles. The summed E-state index contributed by atoms with van der Waals surface area (Å²) in [5.74, 6) is 0. The van der Waals surface area contributed by atoms with Gasteiger partial charge in [0.15, 0.2) is 0 Å². The van der Waals surface area contributed by atoms with Crippen molar-refractivity contribution in [2.45, 2.75) is 4.90 Å². The van der Waals surface area contributed by atoms with E-state index in [1.54, 1.807) is 31.3 Å². The van der Waals surface area contributed by atoms with Crippen molar-refractivity contribution in [3.63, 3.8) is 0 Å². The van der Waals surface area contributed by atoms with E-state index in [0.29, 0.717) is 25.3 Å². The number of halogens is 3. The van der Waals surface area contributed by atoms with E-state index in [-0.39, 0.29) is 4.90 Å². The normalized spacial score (nSPS) is 11.0. The van der Waals surface area contributed by atoms with Crippen molar-refractivity contribution in [1.29, 1.82) is 0 Å². The van der Waals surface area contributed by atoms with Gasteiger partial charge in [-0.2, -0.15) is 0 Å². The molecule has 2 rings (SSSR count). The average molecular weight is 498 g/mol. The minimum absolute atomic E-state index is 0.0634. The summed E-state index contributed by atoms with van der Waals surface area (Å²) in [6.45, 7) is 0. The molecule has 3 N–H and O–H groups in total. The number of amides is 2. The summed E-state index contributed by atoms with van der Waals surface area (Å²) in [7, 11) is -2.33. The summed E-state index contributed by atoms with van der Waals surface area (Å²) in [4.78, 5) is 11.8. The molecule has 0 bridgehead atoms. The van der Waals surface area contributed by atoms with E-state index in [1.165, 1.54) is 12.1 Å². The highest BCUT2D eigenvalue weighted by atomic mass is 79.9. The minimum atomic E-state index is -4.03. The first-order chi connectivity index (χ1) is 11.2. The van der Waals surface area contributed by atoms with E-state index in [2.05, 4.69) is 42.5 Å². The largest absolute Gasteiger partial charge is 0.386 e. The zero-order chi connectivity index (χ0) is 17.9. The van der Waals surface area contributed by atoms with Crippen LogP contribution in [0.1, 0.15) is 0 Å². The van der Waals surface area contributed by atoms with Crippen molar-refractivity contribution < 1.29 is 13.2 Å². The number of benzene rings is 2. The van der Waals surface area contributed by atoms with Gasteiger partial charge in [0, 0.05) is 26.7 Å². The van der Waals surface area contributed by atoms with Gasteiger partial charge in [0.25, 0.3) is 10.0 Å². The third kappa shape index (κ3) is 4.62. The number of hydrogen-bond acceptors (Lipinski definition) is 4. The van der Waals surface area contributed by atoms with Gasteiger partial charge in [0.1, 0.15) is 0 Å². The molecule has 0 aliphatic rings. The maximum absolute atomic E-state index is 12.3. The van der Waals surface area contributed by atoms with Gasteiger partial charge in [0.05, 0.1) is 10.6 Å². The molecule has 6 nitrogen and oxygen atoms in total. The summed E-state index contributed by atoms with van der Waals surface area (Å²) in [6, 6.07) is 8.20. The quantitative estimate of drug-likeness (QED) is 0.584. The van der Waals surface area contributed by atoms with Crippen LogP contribution in [0.5, 0.6) is 0 Å². The first-order valence-corrected chi connectivity index (χ1v) is 9.94. The number of rotatable bonds is 4. The predicted octanol–water partition coefficient (Wildman–Crippen LogP) is 4.42. The van der Waals surface area contributed by atoms with Crippen molar-refractivity contribution in [2.75, 3.05) is 17.7 Å². The lowest BCUT2D eigenvalue weighted by Crippen LogP contribution is -2.34. The zero-order valence-corrected chi connectivity index (χ0v) is 17.0. The Kier molecular flexibility index (Phi) is 6.13. The van der Waals surface area contributed by atoms with Crippen molar-refractivity contribution in [3.05, 3.63) is 50.4 Å². The van der Waals surface area contributed by atoms with Crippen LogP contribution < -0.4 is 15.4 Å². The van der Waals surface area contributed by atoms with E-state index in [0.717, 1.165) is 0 Å². The number of hydrogen-bond donors (Lipinski definition) is 3. The Hall–Kier alpha value is -1.29. The molecule has 24 heavy (non-hydrogen) atoms. The van der Waals surface area contributed by atoms with Gasteiger partial charge >= 0.3 is 6.03 Å². The molecule has 0 aliphatic carbocycles. The smallest absolute Gasteiger partial charge is 0.333 e. The van der Waals surface area contributed by atoms with E-state index in [1.807, 2.05) is 4.72 Å². The lowest BCUT2D eigenvalue weighted by atomic mass is 10.3. The highest BCUT2D eigenvalue weighted by molar-refractivity contribution is 9.11. The first kappa shape index (κ1) is 19.0. The second kappa shape index (κ2) is 7.73. The van der Waals surface area contributed by atoms with E-state index in [9.17, 15) is 13.2 Å². The zero-order valence-electron chi connectivity index (χ0n) is 12.2. The van der Waals surface area contributed by atoms with Gasteiger partial charge in [-0.3, -0.25) is 0 Å². The molecule has 10 heteroatoms. The maximum atomic E-state index is 12.3. The van der Waals surface area contributed by atoms with Crippen LogP contribution in [0.3, 0.4) is 0 Å². The average Bonchev–Trinajstić information content (AvgIpc) is 2.48. The molecule has 2 amide bonds. The van der Waals surface area contributed by atoms with Crippen LogP contribution >= 0.6 is 43.5 Å². The van der Waals surface area contributed by atoms with Crippen LogP contribution in [0.2, 0.25) is 5.02 Å². The fraction of sp³-hybridized carbons (Fsp3) is 0.0714. The van der Waals surface area contributed by atoms with Crippen molar-refractivity contribution in [2.24, 2.45) is 0 Å². The number of anilines is 2. The maximum Gasteiger partial charge on any atom is 0.333 e. The van der Waals surface area contributed by atoms with Gasteiger partial charge in [-0.1, -0.05) is 11.6 Å². The number of sulfonamides is 1. The molecular formula is C14H12Br2ClN3O3S. The molecule has 2 aromatic rings. The second-order valence-electron chi connectivity index (χ2n) is 4.58. The summed E-state index contributed by atoms with van der Waals surface area (Å²) in [6.07, 6.45) is 0. The fourth-order valence-corrected chi connectivity index (χ4v) is 4.79. The number of urea groups is 1. The van der Waals surface area contributed by atoms with Crippen molar-refractivity contribution >= 4 is 70.9 Å². The SMILES string of the molecule is CNc1c(Br)cc(S(=O)(=O)NC(=O)Nc2ccc(Cl)cc2)cc1Br. The molecular weight excluding hydrogens is 486 g/mol. The molecule has 0 saturated carbocycles. The van der Waals surface area contributed by atoms with E-state index >= 15 is 0 Å². The Bertz CT molecular complexity index is 850.